The van der Waals surface area contributed by atoms with Crippen LogP contribution in [-0.4, -0.2) is 9.88 Å². The summed E-state index contributed by atoms with van der Waals surface area (Å²) in [6, 6.07) is 24.0. The Kier molecular flexibility index (Phi) is 4.65. The van der Waals surface area contributed by atoms with E-state index in [4.69, 9.17) is 0 Å². The van der Waals surface area contributed by atoms with Gasteiger partial charge in [-0.05, 0) is 47.4 Å². The van der Waals surface area contributed by atoms with Crippen LogP contribution in [-0.2, 0) is 6.54 Å². The molecule has 0 spiro atoms. The predicted octanol–water partition coefficient (Wildman–Crippen LogP) is 5.68. The normalized spacial score (nSPS) is 16.0. The molecule has 0 fully saturated rings. The number of aromatic nitrogens is 1. The van der Waals surface area contributed by atoms with E-state index in [1.807, 2.05) is 13.1 Å². The van der Waals surface area contributed by atoms with Crippen molar-refractivity contribution < 1.29 is 0 Å². The number of benzene rings is 2. The van der Waals surface area contributed by atoms with Gasteiger partial charge < -0.3 is 4.90 Å². The molecule has 2 nitrogen and oxygen atoms in total. The summed E-state index contributed by atoms with van der Waals surface area (Å²) in [6.45, 7) is 2.91. The lowest BCUT2D eigenvalue weighted by Crippen LogP contribution is -2.23. The summed E-state index contributed by atoms with van der Waals surface area (Å²) in [5, 5.41) is 0. The Labute approximate surface area is 155 Å². The van der Waals surface area contributed by atoms with Crippen LogP contribution in [0.1, 0.15) is 22.9 Å². The molecular formula is C24H22N2. The standard InChI is InChI=1S/C24H22N2/c1-19-17-23(14-15-25-19)21-12-10-20(11-13-21)18-26-16-6-5-9-24(26)22-7-3-2-4-8-22/h2-17,24H,18H2,1H3. The first-order chi connectivity index (χ1) is 12.8. The second-order valence-corrected chi connectivity index (χ2v) is 6.64. The molecule has 0 N–H and O–H groups in total. The number of aryl methyl sites for hydroxylation is 1. The summed E-state index contributed by atoms with van der Waals surface area (Å²) in [5.74, 6) is 0. The Morgan fingerprint density at radius 2 is 1.69 bits per heavy atom. The van der Waals surface area contributed by atoms with Crippen LogP contribution >= 0.6 is 0 Å². The van der Waals surface area contributed by atoms with Gasteiger partial charge in [-0.3, -0.25) is 4.98 Å². The van der Waals surface area contributed by atoms with Crippen molar-refractivity contribution in [3.8, 4) is 11.1 Å². The average Bonchev–Trinajstić information content (AvgIpc) is 2.70. The van der Waals surface area contributed by atoms with Crippen LogP contribution < -0.4 is 0 Å². The van der Waals surface area contributed by atoms with E-state index < -0.39 is 0 Å². The van der Waals surface area contributed by atoms with Gasteiger partial charge in [0, 0.05) is 24.6 Å². The van der Waals surface area contributed by atoms with E-state index in [0.29, 0.717) is 0 Å². The molecule has 0 bridgehead atoms. The maximum atomic E-state index is 4.28. The third-order valence-electron chi connectivity index (χ3n) is 4.73. The molecule has 2 heteroatoms. The van der Waals surface area contributed by atoms with Gasteiger partial charge in [0.1, 0.15) is 0 Å². The first-order valence-corrected chi connectivity index (χ1v) is 8.97. The van der Waals surface area contributed by atoms with Gasteiger partial charge in [-0.2, -0.15) is 0 Å². The molecule has 0 aliphatic carbocycles. The second-order valence-electron chi connectivity index (χ2n) is 6.64. The van der Waals surface area contributed by atoms with E-state index >= 15 is 0 Å². The first-order valence-electron chi connectivity index (χ1n) is 8.97. The van der Waals surface area contributed by atoms with Crippen molar-refractivity contribution in [2.24, 2.45) is 0 Å². The molecule has 0 saturated heterocycles. The summed E-state index contributed by atoms with van der Waals surface area (Å²) < 4.78 is 0. The van der Waals surface area contributed by atoms with Gasteiger partial charge in [0.15, 0.2) is 0 Å². The molecular weight excluding hydrogens is 316 g/mol. The molecule has 1 unspecified atom stereocenters. The van der Waals surface area contributed by atoms with Crippen molar-refractivity contribution >= 4 is 0 Å². The molecule has 2 heterocycles. The summed E-state index contributed by atoms with van der Waals surface area (Å²) in [7, 11) is 0. The van der Waals surface area contributed by atoms with Crippen LogP contribution in [0.4, 0.5) is 0 Å². The van der Waals surface area contributed by atoms with Gasteiger partial charge in [-0.1, -0.05) is 66.7 Å². The van der Waals surface area contributed by atoms with Crippen molar-refractivity contribution in [3.05, 3.63) is 114 Å². The molecule has 1 aliphatic heterocycles. The maximum Gasteiger partial charge on any atom is 0.0727 e. The molecule has 3 aromatic rings. The maximum absolute atomic E-state index is 4.28. The van der Waals surface area contributed by atoms with Crippen LogP contribution in [0.15, 0.2) is 97.4 Å². The van der Waals surface area contributed by atoms with Crippen molar-refractivity contribution in [2.45, 2.75) is 19.5 Å². The number of hydrogen-bond donors (Lipinski definition) is 0. The SMILES string of the molecule is Cc1cc(-c2ccc(CN3C=CC=CC3c3ccccc3)cc2)ccn1. The smallest absolute Gasteiger partial charge is 0.0727 e. The average molecular weight is 338 g/mol. The van der Waals surface area contributed by atoms with E-state index in [1.54, 1.807) is 0 Å². The summed E-state index contributed by atoms with van der Waals surface area (Å²) in [6.07, 6.45) is 10.5. The zero-order valence-corrected chi connectivity index (χ0v) is 14.9. The molecule has 26 heavy (non-hydrogen) atoms. The summed E-state index contributed by atoms with van der Waals surface area (Å²) >= 11 is 0. The third-order valence-corrected chi connectivity index (χ3v) is 4.73. The Balaban J connectivity index is 1.53. The Morgan fingerprint density at radius 1 is 0.885 bits per heavy atom. The lowest BCUT2D eigenvalue weighted by molar-refractivity contribution is 0.313. The number of rotatable bonds is 4. The van der Waals surface area contributed by atoms with Gasteiger partial charge in [-0.25, -0.2) is 0 Å². The zero-order valence-electron chi connectivity index (χ0n) is 14.9. The molecule has 2 aromatic carbocycles. The topological polar surface area (TPSA) is 16.1 Å². The van der Waals surface area contributed by atoms with Gasteiger partial charge in [0.05, 0.1) is 6.04 Å². The third kappa shape index (κ3) is 3.60. The van der Waals surface area contributed by atoms with Crippen LogP contribution in [0.25, 0.3) is 11.1 Å². The molecule has 0 radical (unpaired) electrons. The summed E-state index contributed by atoms with van der Waals surface area (Å²) in [5.41, 5.74) is 6.11. The van der Waals surface area contributed by atoms with Crippen molar-refractivity contribution in [1.82, 2.24) is 9.88 Å². The van der Waals surface area contributed by atoms with E-state index in [2.05, 4.69) is 101 Å². The van der Waals surface area contributed by atoms with Gasteiger partial charge in [0.25, 0.3) is 0 Å². The van der Waals surface area contributed by atoms with Gasteiger partial charge in [-0.15, -0.1) is 0 Å². The highest BCUT2D eigenvalue weighted by Crippen LogP contribution is 2.28. The molecule has 1 aliphatic rings. The highest BCUT2D eigenvalue weighted by molar-refractivity contribution is 5.63. The van der Waals surface area contributed by atoms with E-state index in [0.717, 1.165) is 12.2 Å². The fourth-order valence-corrected chi connectivity index (χ4v) is 3.38. The highest BCUT2D eigenvalue weighted by Gasteiger charge is 2.16. The van der Waals surface area contributed by atoms with Crippen LogP contribution in [0.5, 0.6) is 0 Å². The second kappa shape index (κ2) is 7.40. The van der Waals surface area contributed by atoms with Crippen LogP contribution in [0, 0.1) is 6.92 Å². The molecule has 128 valence electrons. The lowest BCUT2D eigenvalue weighted by Gasteiger charge is -2.31. The molecule has 1 aromatic heterocycles. The van der Waals surface area contributed by atoms with E-state index in [1.165, 1.54) is 22.3 Å². The van der Waals surface area contributed by atoms with Gasteiger partial charge >= 0.3 is 0 Å². The number of pyridine rings is 1. The fourth-order valence-electron chi connectivity index (χ4n) is 3.38. The van der Waals surface area contributed by atoms with Crippen molar-refractivity contribution in [2.75, 3.05) is 0 Å². The largest absolute Gasteiger partial charge is 0.363 e. The highest BCUT2D eigenvalue weighted by atomic mass is 15.1. The Bertz CT molecular complexity index is 924. The predicted molar refractivity (Wildman–Crippen MR) is 107 cm³/mol. The number of hydrogen-bond acceptors (Lipinski definition) is 2. The fraction of sp³-hybridized carbons (Fsp3) is 0.125. The van der Waals surface area contributed by atoms with Crippen LogP contribution in [0.3, 0.4) is 0 Å². The summed E-state index contributed by atoms with van der Waals surface area (Å²) in [4.78, 5) is 6.65. The molecule has 4 rings (SSSR count). The number of allylic oxidation sites excluding steroid dienone is 2. The molecule has 0 saturated carbocycles. The monoisotopic (exact) mass is 338 g/mol. The van der Waals surface area contributed by atoms with E-state index in [9.17, 15) is 0 Å². The van der Waals surface area contributed by atoms with Crippen molar-refractivity contribution in [1.29, 1.82) is 0 Å². The minimum absolute atomic E-state index is 0.281. The minimum Gasteiger partial charge on any atom is -0.363 e. The lowest BCUT2D eigenvalue weighted by atomic mass is 10.0. The molecule has 0 amide bonds. The quantitative estimate of drug-likeness (QED) is 0.608. The minimum atomic E-state index is 0.281. The zero-order chi connectivity index (χ0) is 17.8. The van der Waals surface area contributed by atoms with Gasteiger partial charge in [0.2, 0.25) is 0 Å². The van der Waals surface area contributed by atoms with Crippen molar-refractivity contribution in [3.63, 3.8) is 0 Å². The molecule has 1 atom stereocenters. The first kappa shape index (κ1) is 16.3. The van der Waals surface area contributed by atoms with E-state index in [-0.39, 0.29) is 6.04 Å². The number of nitrogens with zero attached hydrogens (tertiary/aromatic N) is 2. The van der Waals surface area contributed by atoms with Crippen LogP contribution in [0.2, 0.25) is 0 Å². The Morgan fingerprint density at radius 3 is 2.46 bits per heavy atom. The Hall–Kier alpha value is -3.13.